The lowest BCUT2D eigenvalue weighted by molar-refractivity contribution is -0.120. The molecule has 0 saturated heterocycles. The molecule has 2 N–H and O–H groups in total. The Bertz CT molecular complexity index is 377. The molecule has 0 saturated carbocycles. The normalized spacial score (nSPS) is 12.2. The third kappa shape index (κ3) is 4.88. The summed E-state index contributed by atoms with van der Waals surface area (Å²) in [6.45, 7) is 7.36. The van der Waals surface area contributed by atoms with E-state index >= 15 is 0 Å². The van der Waals surface area contributed by atoms with Crippen molar-refractivity contribution in [1.82, 2.24) is 10.6 Å². The Labute approximate surface area is 110 Å². The molecule has 0 bridgehead atoms. The molecule has 1 rings (SSSR count). The van der Waals surface area contributed by atoms with Crippen LogP contribution in [0.4, 0.5) is 0 Å². The molecule has 0 aliphatic carbocycles. The van der Waals surface area contributed by atoms with Crippen LogP contribution in [0.1, 0.15) is 38.3 Å². The molecule has 1 atom stereocenters. The summed E-state index contributed by atoms with van der Waals surface area (Å²) >= 11 is 0. The summed E-state index contributed by atoms with van der Waals surface area (Å²) in [7, 11) is 0. The second-order valence-electron chi connectivity index (χ2n) is 4.60. The fourth-order valence-corrected chi connectivity index (χ4v) is 1.81. The van der Waals surface area contributed by atoms with Crippen LogP contribution in [-0.2, 0) is 17.8 Å². The molecule has 0 aromatic heterocycles. The lowest BCUT2D eigenvalue weighted by Crippen LogP contribution is -2.38. The minimum Gasteiger partial charge on any atom is -0.353 e. The Hall–Kier alpha value is -1.35. The molecule has 18 heavy (non-hydrogen) atoms. The van der Waals surface area contributed by atoms with Crippen LogP contribution >= 0.6 is 0 Å². The lowest BCUT2D eigenvalue weighted by atomic mass is 10.1. The van der Waals surface area contributed by atoms with Crippen molar-refractivity contribution < 1.29 is 4.79 Å². The van der Waals surface area contributed by atoms with Gasteiger partial charge in [0.2, 0.25) is 5.91 Å². The quantitative estimate of drug-likeness (QED) is 0.777. The highest BCUT2D eigenvalue weighted by atomic mass is 16.1. The van der Waals surface area contributed by atoms with Crippen molar-refractivity contribution in [3.63, 3.8) is 0 Å². The number of benzene rings is 1. The topological polar surface area (TPSA) is 41.1 Å². The van der Waals surface area contributed by atoms with Crippen LogP contribution in [0.15, 0.2) is 24.3 Å². The van der Waals surface area contributed by atoms with Gasteiger partial charge in [-0.05, 0) is 30.9 Å². The summed E-state index contributed by atoms with van der Waals surface area (Å²) in [4.78, 5) is 11.6. The molecule has 0 radical (unpaired) electrons. The number of amides is 1. The van der Waals surface area contributed by atoms with Gasteiger partial charge in [0.25, 0.3) is 0 Å². The largest absolute Gasteiger partial charge is 0.353 e. The molecule has 1 aromatic carbocycles. The van der Waals surface area contributed by atoms with Crippen LogP contribution < -0.4 is 10.6 Å². The standard InChI is InChI=1S/C15H24N2O/c1-4-12(3)17-15(18)11-16-10-14-9-7-6-8-13(14)5-2/h6-9,12,16H,4-5,10-11H2,1-3H3,(H,17,18). The Morgan fingerprint density at radius 1 is 1.22 bits per heavy atom. The van der Waals surface area contributed by atoms with E-state index < -0.39 is 0 Å². The first-order chi connectivity index (χ1) is 8.67. The van der Waals surface area contributed by atoms with Gasteiger partial charge < -0.3 is 10.6 Å². The Balaban J connectivity index is 2.35. The predicted octanol–water partition coefficient (Wildman–Crippen LogP) is 2.25. The number of hydrogen-bond acceptors (Lipinski definition) is 2. The van der Waals surface area contributed by atoms with Crippen molar-refractivity contribution in [1.29, 1.82) is 0 Å². The van der Waals surface area contributed by atoms with E-state index in [2.05, 4.69) is 42.7 Å². The van der Waals surface area contributed by atoms with E-state index in [0.29, 0.717) is 6.54 Å². The average Bonchev–Trinajstić information content (AvgIpc) is 2.39. The SMILES string of the molecule is CCc1ccccc1CNCC(=O)NC(C)CC. The highest BCUT2D eigenvalue weighted by Crippen LogP contribution is 2.08. The van der Waals surface area contributed by atoms with Crippen LogP contribution in [0.5, 0.6) is 0 Å². The third-order valence-corrected chi connectivity index (χ3v) is 3.12. The zero-order chi connectivity index (χ0) is 13.4. The maximum Gasteiger partial charge on any atom is 0.234 e. The number of carbonyl (C=O) groups is 1. The summed E-state index contributed by atoms with van der Waals surface area (Å²) in [6, 6.07) is 8.59. The first-order valence-corrected chi connectivity index (χ1v) is 6.74. The summed E-state index contributed by atoms with van der Waals surface area (Å²) in [5, 5.41) is 6.14. The molecular formula is C15H24N2O. The first kappa shape index (κ1) is 14.7. The minimum absolute atomic E-state index is 0.0679. The average molecular weight is 248 g/mol. The van der Waals surface area contributed by atoms with Crippen molar-refractivity contribution in [3.05, 3.63) is 35.4 Å². The van der Waals surface area contributed by atoms with Gasteiger partial charge >= 0.3 is 0 Å². The van der Waals surface area contributed by atoms with E-state index in [1.807, 2.05) is 13.0 Å². The van der Waals surface area contributed by atoms with E-state index in [4.69, 9.17) is 0 Å². The second-order valence-corrected chi connectivity index (χ2v) is 4.60. The fraction of sp³-hybridized carbons (Fsp3) is 0.533. The van der Waals surface area contributed by atoms with Gasteiger partial charge in [-0.1, -0.05) is 38.1 Å². The smallest absolute Gasteiger partial charge is 0.234 e. The molecule has 100 valence electrons. The Morgan fingerprint density at radius 3 is 2.50 bits per heavy atom. The van der Waals surface area contributed by atoms with E-state index in [1.54, 1.807) is 0 Å². The first-order valence-electron chi connectivity index (χ1n) is 6.74. The van der Waals surface area contributed by atoms with Crippen molar-refractivity contribution in [3.8, 4) is 0 Å². The zero-order valence-corrected chi connectivity index (χ0v) is 11.6. The van der Waals surface area contributed by atoms with E-state index in [9.17, 15) is 4.79 Å². The lowest BCUT2D eigenvalue weighted by Gasteiger charge is -2.12. The van der Waals surface area contributed by atoms with Crippen LogP contribution in [0.3, 0.4) is 0 Å². The minimum atomic E-state index is 0.0679. The maximum absolute atomic E-state index is 11.6. The summed E-state index contributed by atoms with van der Waals surface area (Å²) in [6.07, 6.45) is 1.99. The van der Waals surface area contributed by atoms with Gasteiger partial charge in [-0.3, -0.25) is 4.79 Å². The summed E-state index contributed by atoms with van der Waals surface area (Å²) in [5.74, 6) is 0.0679. The molecule has 0 fully saturated rings. The van der Waals surface area contributed by atoms with E-state index in [0.717, 1.165) is 19.4 Å². The van der Waals surface area contributed by atoms with Crippen molar-refractivity contribution in [2.24, 2.45) is 0 Å². The number of carbonyl (C=O) groups excluding carboxylic acids is 1. The van der Waals surface area contributed by atoms with Crippen LogP contribution in [0.2, 0.25) is 0 Å². The molecule has 1 unspecified atom stereocenters. The van der Waals surface area contributed by atoms with Gasteiger partial charge in [0.1, 0.15) is 0 Å². The molecule has 0 heterocycles. The van der Waals surface area contributed by atoms with Crippen molar-refractivity contribution >= 4 is 5.91 Å². The fourth-order valence-electron chi connectivity index (χ4n) is 1.81. The number of nitrogens with one attached hydrogen (secondary N) is 2. The van der Waals surface area contributed by atoms with Gasteiger partial charge in [0.05, 0.1) is 6.54 Å². The van der Waals surface area contributed by atoms with E-state index in [1.165, 1.54) is 11.1 Å². The molecule has 1 aromatic rings. The third-order valence-electron chi connectivity index (χ3n) is 3.12. The van der Waals surface area contributed by atoms with Crippen LogP contribution in [-0.4, -0.2) is 18.5 Å². The van der Waals surface area contributed by atoms with Gasteiger partial charge in [0.15, 0.2) is 0 Å². The molecule has 3 heteroatoms. The summed E-state index contributed by atoms with van der Waals surface area (Å²) < 4.78 is 0. The highest BCUT2D eigenvalue weighted by Gasteiger charge is 2.05. The second kappa shape index (κ2) is 7.88. The number of rotatable bonds is 7. The predicted molar refractivity (Wildman–Crippen MR) is 75.4 cm³/mol. The van der Waals surface area contributed by atoms with Gasteiger partial charge in [0, 0.05) is 12.6 Å². The van der Waals surface area contributed by atoms with Crippen molar-refractivity contribution in [2.75, 3.05) is 6.54 Å². The molecule has 0 spiro atoms. The number of aryl methyl sites for hydroxylation is 1. The molecule has 1 amide bonds. The Morgan fingerprint density at radius 2 is 1.89 bits per heavy atom. The monoisotopic (exact) mass is 248 g/mol. The maximum atomic E-state index is 11.6. The van der Waals surface area contributed by atoms with E-state index in [-0.39, 0.29) is 11.9 Å². The molecule has 0 aliphatic rings. The highest BCUT2D eigenvalue weighted by molar-refractivity contribution is 5.78. The molecule has 0 aliphatic heterocycles. The Kier molecular flexibility index (Phi) is 6.44. The zero-order valence-electron chi connectivity index (χ0n) is 11.6. The van der Waals surface area contributed by atoms with Gasteiger partial charge in [-0.2, -0.15) is 0 Å². The molecular weight excluding hydrogens is 224 g/mol. The summed E-state index contributed by atoms with van der Waals surface area (Å²) in [5.41, 5.74) is 2.61. The van der Waals surface area contributed by atoms with Crippen molar-refractivity contribution in [2.45, 2.75) is 46.2 Å². The van der Waals surface area contributed by atoms with Crippen LogP contribution in [0, 0.1) is 0 Å². The van der Waals surface area contributed by atoms with Crippen LogP contribution in [0.25, 0.3) is 0 Å². The van der Waals surface area contributed by atoms with Gasteiger partial charge in [-0.15, -0.1) is 0 Å². The molecule has 3 nitrogen and oxygen atoms in total. The number of hydrogen-bond donors (Lipinski definition) is 2. The van der Waals surface area contributed by atoms with Gasteiger partial charge in [-0.25, -0.2) is 0 Å².